The first kappa shape index (κ1) is 23.8. The molecule has 1 saturated carbocycles. The fraction of sp³-hybridized carbons (Fsp3) is 0.440. The number of hydrogen-bond donors (Lipinski definition) is 3. The molecular weight excluding hydrogens is 529 g/mol. The van der Waals surface area contributed by atoms with E-state index in [9.17, 15) is 5.11 Å². The van der Waals surface area contributed by atoms with Crippen molar-refractivity contribution in [3.63, 3.8) is 0 Å². The van der Waals surface area contributed by atoms with E-state index in [1.165, 1.54) is 12.8 Å². The van der Waals surface area contributed by atoms with E-state index >= 15 is 0 Å². The lowest BCUT2D eigenvalue weighted by atomic mass is 9.86. The lowest BCUT2D eigenvalue weighted by Gasteiger charge is -2.29. The first-order chi connectivity index (χ1) is 15.9. The summed E-state index contributed by atoms with van der Waals surface area (Å²) in [5.74, 6) is 3.06. The molecule has 176 valence electrons. The Hall–Kier alpha value is -2.33. The first-order valence-corrected chi connectivity index (χ1v) is 12.5. The van der Waals surface area contributed by atoms with Crippen molar-refractivity contribution in [1.82, 2.24) is 15.3 Å². The van der Waals surface area contributed by atoms with Crippen molar-refractivity contribution in [1.29, 1.82) is 0 Å². The minimum atomic E-state index is 0.209. The van der Waals surface area contributed by atoms with Crippen LogP contribution in [-0.2, 0) is 6.54 Å². The molecule has 0 unspecified atom stereocenters. The minimum Gasteiger partial charge on any atom is -0.504 e. The number of rotatable bonds is 8. The van der Waals surface area contributed by atoms with Gasteiger partial charge in [-0.1, -0.05) is 12.1 Å². The normalized spacial score (nSPS) is 18.3. The first-order valence-electron chi connectivity index (χ1n) is 11.4. The summed E-state index contributed by atoms with van der Waals surface area (Å²) in [5, 5.41) is 18.2. The van der Waals surface area contributed by atoms with Gasteiger partial charge in [0, 0.05) is 32.1 Å². The van der Waals surface area contributed by atoms with Crippen molar-refractivity contribution in [2.24, 2.45) is 5.92 Å². The number of ether oxygens (including phenoxy) is 1. The highest BCUT2D eigenvalue weighted by Crippen LogP contribution is 2.32. The molecule has 1 aliphatic rings. The molecule has 1 aliphatic carbocycles. The average Bonchev–Trinajstić information content (AvgIpc) is 2.81. The molecule has 7 nitrogen and oxygen atoms in total. The van der Waals surface area contributed by atoms with Gasteiger partial charge in [0.25, 0.3) is 0 Å². The lowest BCUT2D eigenvalue weighted by Crippen LogP contribution is -2.31. The molecular formula is C25H32IN5O2. The van der Waals surface area contributed by atoms with Crippen LogP contribution in [0.5, 0.6) is 11.5 Å². The van der Waals surface area contributed by atoms with Crippen LogP contribution >= 0.6 is 22.6 Å². The van der Waals surface area contributed by atoms with Crippen molar-refractivity contribution >= 4 is 45.3 Å². The van der Waals surface area contributed by atoms with Crippen LogP contribution in [0.15, 0.2) is 36.4 Å². The van der Waals surface area contributed by atoms with Gasteiger partial charge in [-0.25, -0.2) is 4.98 Å². The Kier molecular flexibility index (Phi) is 7.75. The summed E-state index contributed by atoms with van der Waals surface area (Å²) in [6, 6.07) is 12.5. The summed E-state index contributed by atoms with van der Waals surface area (Å²) in [5.41, 5.74) is 2.09. The predicted octanol–water partition coefficient (Wildman–Crippen LogP) is 4.78. The van der Waals surface area contributed by atoms with Crippen molar-refractivity contribution in [2.75, 3.05) is 38.0 Å². The molecule has 1 aromatic heterocycles. The summed E-state index contributed by atoms with van der Waals surface area (Å²) in [4.78, 5) is 11.6. The van der Waals surface area contributed by atoms with Gasteiger partial charge >= 0.3 is 0 Å². The molecule has 8 heteroatoms. The Morgan fingerprint density at radius 3 is 2.61 bits per heavy atom. The van der Waals surface area contributed by atoms with Gasteiger partial charge in [0.05, 0.1) is 16.2 Å². The zero-order valence-electron chi connectivity index (χ0n) is 19.4. The molecule has 0 atom stereocenters. The van der Waals surface area contributed by atoms with Gasteiger partial charge in [-0.2, -0.15) is 4.98 Å². The second-order valence-electron chi connectivity index (χ2n) is 8.90. The highest BCUT2D eigenvalue weighted by atomic mass is 127. The second-order valence-corrected chi connectivity index (χ2v) is 10.1. The number of nitrogens with one attached hydrogen (secondary N) is 2. The number of aromatic nitrogens is 2. The lowest BCUT2D eigenvalue weighted by molar-refractivity contribution is 0.323. The Labute approximate surface area is 209 Å². The highest BCUT2D eigenvalue weighted by molar-refractivity contribution is 14.1. The van der Waals surface area contributed by atoms with Gasteiger partial charge in [-0.3, -0.25) is 0 Å². The topological polar surface area (TPSA) is 82.5 Å². The predicted molar refractivity (Wildman–Crippen MR) is 142 cm³/mol. The zero-order chi connectivity index (χ0) is 23.4. The van der Waals surface area contributed by atoms with Crippen molar-refractivity contribution in [2.45, 2.75) is 38.3 Å². The van der Waals surface area contributed by atoms with Crippen LogP contribution in [0.3, 0.4) is 0 Å². The fourth-order valence-corrected chi connectivity index (χ4v) is 5.13. The number of hydrogen-bond acceptors (Lipinski definition) is 7. The number of methoxy groups -OCH3 is 1. The molecule has 0 bridgehead atoms. The van der Waals surface area contributed by atoms with Gasteiger partial charge in [-0.15, -0.1) is 0 Å². The van der Waals surface area contributed by atoms with Gasteiger partial charge in [0.1, 0.15) is 5.82 Å². The number of nitrogens with zero attached hydrogens (tertiary/aromatic N) is 3. The molecule has 33 heavy (non-hydrogen) atoms. The molecule has 3 aromatic rings. The Balaban J connectivity index is 1.29. The van der Waals surface area contributed by atoms with E-state index in [4.69, 9.17) is 14.7 Å². The monoisotopic (exact) mass is 561 g/mol. The Morgan fingerprint density at radius 2 is 1.88 bits per heavy atom. The SMILES string of the molecule is COc1cc(CNCC2CCC(Nc3nc(N(C)C)c4ccccc4n3)CC2)cc(I)c1O. The van der Waals surface area contributed by atoms with Gasteiger partial charge < -0.3 is 25.4 Å². The molecule has 2 aromatic carbocycles. The van der Waals surface area contributed by atoms with E-state index in [1.807, 2.05) is 49.3 Å². The van der Waals surface area contributed by atoms with Crippen LogP contribution in [0.1, 0.15) is 31.2 Å². The molecule has 0 aliphatic heterocycles. The van der Waals surface area contributed by atoms with E-state index in [0.29, 0.717) is 17.7 Å². The van der Waals surface area contributed by atoms with Gasteiger partial charge in [0.15, 0.2) is 11.5 Å². The van der Waals surface area contributed by atoms with Crippen molar-refractivity contribution in [3.8, 4) is 11.5 Å². The maximum Gasteiger partial charge on any atom is 0.225 e. The number of halogens is 1. The van der Waals surface area contributed by atoms with Crippen molar-refractivity contribution < 1.29 is 9.84 Å². The Bertz CT molecular complexity index is 1100. The number of benzene rings is 2. The fourth-order valence-electron chi connectivity index (χ4n) is 4.46. The summed E-state index contributed by atoms with van der Waals surface area (Å²) < 4.78 is 6.07. The third kappa shape index (κ3) is 5.78. The third-order valence-electron chi connectivity index (χ3n) is 6.26. The van der Waals surface area contributed by atoms with Crippen LogP contribution < -0.4 is 20.3 Å². The zero-order valence-corrected chi connectivity index (χ0v) is 21.6. The number of phenols is 1. The number of phenolic OH excluding ortho intramolecular Hbond substituents is 1. The molecule has 1 fully saturated rings. The molecule has 1 heterocycles. The maximum absolute atomic E-state index is 10.0. The molecule has 4 rings (SSSR count). The average molecular weight is 561 g/mol. The van der Waals surface area contributed by atoms with Crippen LogP contribution in [0.4, 0.5) is 11.8 Å². The maximum atomic E-state index is 10.0. The third-order valence-corrected chi connectivity index (χ3v) is 7.08. The summed E-state index contributed by atoms with van der Waals surface area (Å²) in [6.07, 6.45) is 4.58. The second kappa shape index (κ2) is 10.7. The van der Waals surface area contributed by atoms with Crippen LogP contribution in [0, 0.1) is 9.49 Å². The van der Waals surface area contributed by atoms with E-state index in [1.54, 1.807) is 7.11 Å². The van der Waals surface area contributed by atoms with Crippen LogP contribution in [-0.4, -0.2) is 48.9 Å². The molecule has 0 radical (unpaired) electrons. The molecule has 0 amide bonds. The van der Waals surface area contributed by atoms with Crippen LogP contribution in [0.2, 0.25) is 0 Å². The largest absolute Gasteiger partial charge is 0.504 e. The van der Waals surface area contributed by atoms with Crippen LogP contribution in [0.25, 0.3) is 10.9 Å². The summed E-state index contributed by atoms with van der Waals surface area (Å²) in [7, 11) is 5.62. The number of fused-ring (bicyclic) bond motifs is 1. The van der Waals surface area contributed by atoms with Gasteiger partial charge in [-0.05, 0) is 90.6 Å². The smallest absolute Gasteiger partial charge is 0.225 e. The molecule has 3 N–H and O–H groups in total. The van der Waals surface area contributed by atoms with E-state index in [0.717, 1.165) is 57.7 Å². The minimum absolute atomic E-state index is 0.209. The molecule has 0 saturated heterocycles. The standard InChI is InChI=1S/C25H32IN5O2/c1-31(2)24-19-6-4-5-7-21(19)29-25(30-24)28-18-10-8-16(9-11-18)14-27-15-17-12-20(26)23(32)22(13-17)33-3/h4-7,12-13,16,18,27,32H,8-11,14-15H2,1-3H3,(H,28,29,30). The molecule has 0 spiro atoms. The number of para-hydroxylation sites is 1. The van der Waals surface area contributed by atoms with Crippen molar-refractivity contribution in [3.05, 3.63) is 45.5 Å². The Morgan fingerprint density at radius 1 is 1.12 bits per heavy atom. The quantitative estimate of drug-likeness (QED) is 0.342. The number of aromatic hydroxyl groups is 1. The highest BCUT2D eigenvalue weighted by Gasteiger charge is 2.22. The summed E-state index contributed by atoms with van der Waals surface area (Å²) in [6.45, 7) is 1.76. The number of anilines is 2. The van der Waals surface area contributed by atoms with Gasteiger partial charge in [0.2, 0.25) is 5.95 Å². The summed E-state index contributed by atoms with van der Waals surface area (Å²) >= 11 is 2.14. The van der Waals surface area contributed by atoms with E-state index < -0.39 is 0 Å². The van der Waals surface area contributed by atoms with E-state index in [2.05, 4.69) is 39.3 Å². The van der Waals surface area contributed by atoms with E-state index in [-0.39, 0.29) is 5.75 Å².